The molecule has 2 heteroatoms. The molecular formula is C13H23NO. The number of nitrogens with zero attached hydrogens (tertiary/aromatic N) is 1. The normalized spacial score (nSPS) is 24.7. The van der Waals surface area contributed by atoms with Crippen molar-refractivity contribution in [3.05, 3.63) is 0 Å². The van der Waals surface area contributed by atoms with Crippen molar-refractivity contribution in [2.24, 2.45) is 11.8 Å². The second-order valence-corrected chi connectivity index (χ2v) is 5.32. The topological polar surface area (TPSA) is 20.3 Å². The first-order valence-electron chi connectivity index (χ1n) is 6.56. The highest BCUT2D eigenvalue weighted by Crippen LogP contribution is 2.30. The highest BCUT2D eigenvalue weighted by Gasteiger charge is 2.27. The van der Waals surface area contributed by atoms with Gasteiger partial charge in [-0.1, -0.05) is 39.0 Å². The zero-order valence-electron chi connectivity index (χ0n) is 9.87. The van der Waals surface area contributed by atoms with E-state index in [9.17, 15) is 4.79 Å². The third-order valence-electron chi connectivity index (χ3n) is 4.00. The molecule has 0 aromatic heterocycles. The number of carbonyl (C=O) groups is 1. The molecule has 15 heavy (non-hydrogen) atoms. The summed E-state index contributed by atoms with van der Waals surface area (Å²) in [6, 6.07) is 0. The highest BCUT2D eigenvalue weighted by atomic mass is 16.2. The SMILES string of the molecule is C[C@@H](CC1CCCCC1)C(=O)N1CCC1. The van der Waals surface area contributed by atoms with E-state index in [0.29, 0.717) is 5.91 Å². The first-order chi connectivity index (χ1) is 7.27. The Hall–Kier alpha value is -0.530. The Morgan fingerprint density at radius 3 is 2.40 bits per heavy atom. The zero-order chi connectivity index (χ0) is 10.7. The molecule has 1 aliphatic carbocycles. The minimum absolute atomic E-state index is 0.272. The Bertz CT molecular complexity index is 217. The highest BCUT2D eigenvalue weighted by molar-refractivity contribution is 5.79. The van der Waals surface area contributed by atoms with E-state index in [2.05, 4.69) is 6.92 Å². The third kappa shape index (κ3) is 2.73. The molecule has 2 rings (SSSR count). The van der Waals surface area contributed by atoms with Crippen LogP contribution in [0.3, 0.4) is 0 Å². The van der Waals surface area contributed by atoms with Crippen molar-refractivity contribution in [1.29, 1.82) is 0 Å². The van der Waals surface area contributed by atoms with Crippen LogP contribution in [0.1, 0.15) is 51.9 Å². The second kappa shape index (κ2) is 5.00. The molecule has 0 bridgehead atoms. The molecule has 1 atom stereocenters. The summed E-state index contributed by atoms with van der Waals surface area (Å²) < 4.78 is 0. The van der Waals surface area contributed by atoms with Crippen LogP contribution >= 0.6 is 0 Å². The van der Waals surface area contributed by atoms with Gasteiger partial charge in [-0.15, -0.1) is 0 Å². The van der Waals surface area contributed by atoms with Crippen LogP contribution in [0.2, 0.25) is 0 Å². The Morgan fingerprint density at radius 2 is 1.87 bits per heavy atom. The lowest BCUT2D eigenvalue weighted by atomic mass is 9.83. The third-order valence-corrected chi connectivity index (χ3v) is 4.00. The lowest BCUT2D eigenvalue weighted by Crippen LogP contribution is -2.45. The van der Waals surface area contributed by atoms with Gasteiger partial charge in [0.25, 0.3) is 0 Å². The average Bonchev–Trinajstić information content (AvgIpc) is 2.16. The summed E-state index contributed by atoms with van der Waals surface area (Å²) >= 11 is 0. The van der Waals surface area contributed by atoms with E-state index in [-0.39, 0.29) is 5.92 Å². The van der Waals surface area contributed by atoms with E-state index in [1.165, 1.54) is 38.5 Å². The molecule has 0 aromatic carbocycles. The summed E-state index contributed by atoms with van der Waals surface area (Å²) in [4.78, 5) is 13.9. The minimum atomic E-state index is 0.272. The van der Waals surface area contributed by atoms with Gasteiger partial charge >= 0.3 is 0 Å². The molecule has 0 unspecified atom stereocenters. The summed E-state index contributed by atoms with van der Waals surface area (Å²) in [5.41, 5.74) is 0. The number of rotatable bonds is 3. The fourth-order valence-corrected chi connectivity index (χ4v) is 2.87. The van der Waals surface area contributed by atoms with Crippen LogP contribution < -0.4 is 0 Å². The maximum absolute atomic E-state index is 11.9. The molecular weight excluding hydrogens is 186 g/mol. The Balaban J connectivity index is 1.74. The van der Waals surface area contributed by atoms with E-state index >= 15 is 0 Å². The maximum atomic E-state index is 11.9. The molecule has 0 radical (unpaired) electrons. The van der Waals surface area contributed by atoms with Crippen LogP contribution in [-0.2, 0) is 4.79 Å². The fraction of sp³-hybridized carbons (Fsp3) is 0.923. The molecule has 0 spiro atoms. The van der Waals surface area contributed by atoms with Gasteiger partial charge in [-0.05, 0) is 18.8 Å². The monoisotopic (exact) mass is 209 g/mol. The van der Waals surface area contributed by atoms with Crippen LogP contribution in [0.5, 0.6) is 0 Å². The van der Waals surface area contributed by atoms with Gasteiger partial charge in [0.15, 0.2) is 0 Å². The van der Waals surface area contributed by atoms with E-state index in [1.54, 1.807) is 0 Å². The smallest absolute Gasteiger partial charge is 0.225 e. The molecule has 1 aliphatic heterocycles. The molecule has 0 N–H and O–H groups in total. The first-order valence-corrected chi connectivity index (χ1v) is 6.56. The predicted molar refractivity (Wildman–Crippen MR) is 61.6 cm³/mol. The number of carbonyl (C=O) groups excluding carboxylic acids is 1. The average molecular weight is 209 g/mol. The van der Waals surface area contributed by atoms with Crippen molar-refractivity contribution in [2.45, 2.75) is 51.9 Å². The quantitative estimate of drug-likeness (QED) is 0.700. The summed E-state index contributed by atoms with van der Waals surface area (Å²) in [6.07, 6.45) is 9.24. The zero-order valence-corrected chi connectivity index (χ0v) is 9.87. The molecule has 1 saturated carbocycles. The van der Waals surface area contributed by atoms with E-state index < -0.39 is 0 Å². The summed E-state index contributed by atoms with van der Waals surface area (Å²) in [7, 11) is 0. The second-order valence-electron chi connectivity index (χ2n) is 5.32. The number of hydrogen-bond donors (Lipinski definition) is 0. The summed E-state index contributed by atoms with van der Waals surface area (Å²) in [5, 5.41) is 0. The molecule has 86 valence electrons. The molecule has 2 aliphatic rings. The summed E-state index contributed by atoms with van der Waals surface area (Å²) in [5.74, 6) is 1.51. The van der Waals surface area contributed by atoms with E-state index in [0.717, 1.165) is 25.4 Å². The Kier molecular flexibility index (Phi) is 3.66. The van der Waals surface area contributed by atoms with Crippen molar-refractivity contribution >= 4 is 5.91 Å². The van der Waals surface area contributed by atoms with Crippen molar-refractivity contribution in [3.63, 3.8) is 0 Å². The van der Waals surface area contributed by atoms with Crippen LogP contribution in [0.4, 0.5) is 0 Å². The van der Waals surface area contributed by atoms with Crippen molar-refractivity contribution in [3.8, 4) is 0 Å². The van der Waals surface area contributed by atoms with Gasteiger partial charge in [0, 0.05) is 19.0 Å². The number of hydrogen-bond acceptors (Lipinski definition) is 1. The molecule has 0 aromatic rings. The van der Waals surface area contributed by atoms with Crippen molar-refractivity contribution in [2.75, 3.05) is 13.1 Å². The van der Waals surface area contributed by atoms with Crippen molar-refractivity contribution in [1.82, 2.24) is 4.90 Å². The minimum Gasteiger partial charge on any atom is -0.342 e. The van der Waals surface area contributed by atoms with Gasteiger partial charge in [0.05, 0.1) is 0 Å². The molecule has 1 saturated heterocycles. The van der Waals surface area contributed by atoms with E-state index in [4.69, 9.17) is 0 Å². The lowest BCUT2D eigenvalue weighted by Gasteiger charge is -2.34. The van der Waals surface area contributed by atoms with Crippen molar-refractivity contribution < 1.29 is 4.79 Å². The van der Waals surface area contributed by atoms with Crippen LogP contribution in [-0.4, -0.2) is 23.9 Å². The Labute approximate surface area is 93.0 Å². The fourth-order valence-electron chi connectivity index (χ4n) is 2.87. The standard InChI is InChI=1S/C13H23NO/c1-11(13(15)14-8-5-9-14)10-12-6-3-2-4-7-12/h11-12H,2-10H2,1H3/t11-/m0/s1. The summed E-state index contributed by atoms with van der Waals surface area (Å²) in [6.45, 7) is 4.14. The largest absolute Gasteiger partial charge is 0.342 e. The number of amides is 1. The van der Waals surface area contributed by atoms with Gasteiger partial charge in [0.2, 0.25) is 5.91 Å². The van der Waals surface area contributed by atoms with E-state index in [1.807, 2.05) is 4.90 Å². The molecule has 1 heterocycles. The van der Waals surface area contributed by atoms with Crippen LogP contribution in [0.15, 0.2) is 0 Å². The van der Waals surface area contributed by atoms with Gasteiger partial charge < -0.3 is 4.90 Å². The van der Waals surface area contributed by atoms with Gasteiger partial charge in [-0.2, -0.15) is 0 Å². The lowest BCUT2D eigenvalue weighted by molar-refractivity contribution is -0.139. The van der Waals surface area contributed by atoms with Gasteiger partial charge in [-0.25, -0.2) is 0 Å². The van der Waals surface area contributed by atoms with Crippen LogP contribution in [0, 0.1) is 11.8 Å². The van der Waals surface area contributed by atoms with Crippen LogP contribution in [0.25, 0.3) is 0 Å². The number of likely N-dealkylation sites (tertiary alicyclic amines) is 1. The molecule has 1 amide bonds. The predicted octanol–water partition coefficient (Wildman–Crippen LogP) is 2.83. The van der Waals surface area contributed by atoms with Gasteiger partial charge in [0.1, 0.15) is 0 Å². The maximum Gasteiger partial charge on any atom is 0.225 e. The van der Waals surface area contributed by atoms with Gasteiger partial charge in [-0.3, -0.25) is 4.79 Å². The molecule has 2 nitrogen and oxygen atoms in total. The molecule has 2 fully saturated rings. The Morgan fingerprint density at radius 1 is 1.20 bits per heavy atom. The first kappa shape index (κ1) is 11.0.